The largest absolute Gasteiger partial charge is 0.508 e. The number of nitrogens with zero attached hydrogens (tertiary/aromatic N) is 2. The quantitative estimate of drug-likeness (QED) is 0.500. The van der Waals surface area contributed by atoms with E-state index in [0.717, 1.165) is 41.1 Å². The predicted molar refractivity (Wildman–Crippen MR) is 130 cm³/mol. The highest BCUT2D eigenvalue weighted by Gasteiger charge is 2.30. The Labute approximate surface area is 199 Å². The van der Waals surface area contributed by atoms with E-state index in [2.05, 4.69) is 16.8 Å². The molecule has 34 heavy (non-hydrogen) atoms. The number of aromatic hydroxyl groups is 1. The number of halogens is 1. The topological polar surface area (TPSA) is 54.8 Å². The van der Waals surface area contributed by atoms with Gasteiger partial charge in [-0.2, -0.15) is 0 Å². The number of benzene rings is 2. The van der Waals surface area contributed by atoms with Crippen LogP contribution < -0.4 is 9.47 Å². The van der Waals surface area contributed by atoms with Crippen molar-refractivity contribution in [1.82, 2.24) is 9.88 Å². The second-order valence-electron chi connectivity index (χ2n) is 9.05. The molecule has 1 unspecified atom stereocenters. The minimum absolute atomic E-state index is 0.163. The molecule has 6 heteroatoms. The fourth-order valence-electron chi connectivity index (χ4n) is 4.78. The maximum absolute atomic E-state index is 13.6. The number of hydrogen-bond acceptors (Lipinski definition) is 5. The van der Waals surface area contributed by atoms with Crippen LogP contribution in [0.5, 0.6) is 17.2 Å². The fraction of sp³-hybridized carbons (Fsp3) is 0.321. The van der Waals surface area contributed by atoms with Gasteiger partial charge in [-0.05, 0) is 93.4 Å². The molecule has 2 atom stereocenters. The van der Waals surface area contributed by atoms with E-state index >= 15 is 0 Å². The molecule has 1 N–H and O–H groups in total. The molecular weight excluding hydrogens is 431 g/mol. The third-order valence-corrected chi connectivity index (χ3v) is 6.72. The van der Waals surface area contributed by atoms with Crippen LogP contribution in [-0.4, -0.2) is 40.7 Å². The summed E-state index contributed by atoms with van der Waals surface area (Å²) in [6.45, 7) is 7.13. The number of fused-ring (bicyclic) bond motifs is 1. The van der Waals surface area contributed by atoms with Gasteiger partial charge in [0.05, 0.1) is 11.9 Å². The molecule has 3 heterocycles. The number of hydrogen-bond donors (Lipinski definition) is 1. The molecule has 0 saturated carbocycles. The molecule has 0 bridgehead atoms. The highest BCUT2D eigenvalue weighted by Crippen LogP contribution is 2.47. The van der Waals surface area contributed by atoms with Gasteiger partial charge < -0.3 is 14.6 Å². The van der Waals surface area contributed by atoms with Crippen LogP contribution >= 0.6 is 0 Å². The zero-order valence-corrected chi connectivity index (χ0v) is 19.5. The summed E-state index contributed by atoms with van der Waals surface area (Å²) in [6.07, 6.45) is 3.32. The van der Waals surface area contributed by atoms with E-state index in [9.17, 15) is 9.50 Å². The number of phenols is 1. The highest BCUT2D eigenvalue weighted by molar-refractivity contribution is 5.94. The van der Waals surface area contributed by atoms with Gasteiger partial charge in [-0.3, -0.25) is 9.88 Å². The number of aromatic nitrogens is 1. The van der Waals surface area contributed by atoms with Crippen LogP contribution in [0.25, 0.3) is 11.1 Å². The van der Waals surface area contributed by atoms with E-state index in [0.29, 0.717) is 24.1 Å². The van der Waals surface area contributed by atoms with Crippen molar-refractivity contribution in [3.63, 3.8) is 0 Å². The standard InChI is InChI=1S/C28H29FN2O3/c1-18(31-13-3-4-14-31)17-33-23-9-5-20(6-10-23)28-27(25-11-7-21(29)16-30-25)19(2)24-15-22(32)8-12-26(24)34-28/h5-12,15-16,18,28,32H,3-4,13-14,17H2,1-2H3/t18-,28?/m0/s1. The number of likely N-dealkylation sites (tertiary alicyclic amines) is 1. The first-order chi connectivity index (χ1) is 16.5. The maximum atomic E-state index is 13.6. The molecule has 0 spiro atoms. The number of phenolic OH excluding ortho intramolecular Hbond substituents is 1. The first-order valence-corrected chi connectivity index (χ1v) is 11.8. The minimum Gasteiger partial charge on any atom is -0.508 e. The predicted octanol–water partition coefficient (Wildman–Crippen LogP) is 5.85. The van der Waals surface area contributed by atoms with Crippen LogP contribution in [0.2, 0.25) is 0 Å². The molecule has 1 saturated heterocycles. The van der Waals surface area contributed by atoms with Gasteiger partial charge in [0.2, 0.25) is 0 Å². The lowest BCUT2D eigenvalue weighted by molar-refractivity contribution is 0.172. The molecule has 5 nitrogen and oxygen atoms in total. The normalized spacial score (nSPS) is 19.0. The summed E-state index contributed by atoms with van der Waals surface area (Å²) in [4.78, 5) is 6.79. The molecule has 2 aliphatic heterocycles. The first-order valence-electron chi connectivity index (χ1n) is 11.8. The zero-order chi connectivity index (χ0) is 23.7. The Morgan fingerprint density at radius 1 is 1.12 bits per heavy atom. The van der Waals surface area contributed by atoms with E-state index in [-0.39, 0.29) is 5.75 Å². The van der Waals surface area contributed by atoms with Gasteiger partial charge in [-0.1, -0.05) is 12.1 Å². The Morgan fingerprint density at radius 2 is 1.88 bits per heavy atom. The van der Waals surface area contributed by atoms with Crippen molar-refractivity contribution >= 4 is 11.1 Å². The Hall–Kier alpha value is -3.38. The molecule has 3 aromatic rings. The second-order valence-corrected chi connectivity index (χ2v) is 9.05. The average molecular weight is 461 g/mol. The van der Waals surface area contributed by atoms with Crippen LogP contribution in [-0.2, 0) is 0 Å². The van der Waals surface area contributed by atoms with Gasteiger partial charge in [0.1, 0.15) is 29.7 Å². The van der Waals surface area contributed by atoms with Crippen molar-refractivity contribution in [2.45, 2.75) is 38.8 Å². The average Bonchev–Trinajstić information content (AvgIpc) is 3.39. The van der Waals surface area contributed by atoms with Crippen molar-refractivity contribution in [3.8, 4) is 17.2 Å². The van der Waals surface area contributed by atoms with Crippen LogP contribution in [0.4, 0.5) is 4.39 Å². The summed E-state index contributed by atoms with van der Waals surface area (Å²) in [5.41, 5.74) is 4.15. The summed E-state index contributed by atoms with van der Waals surface area (Å²) in [6, 6.07) is 16.5. The Bertz CT molecular complexity index is 1190. The van der Waals surface area contributed by atoms with E-state index in [1.165, 1.54) is 25.1 Å². The number of ether oxygens (including phenoxy) is 2. The van der Waals surface area contributed by atoms with Gasteiger partial charge >= 0.3 is 0 Å². The molecule has 2 aliphatic rings. The molecular formula is C28H29FN2O3. The van der Waals surface area contributed by atoms with Crippen LogP contribution in [0, 0.1) is 5.82 Å². The lowest BCUT2D eigenvalue weighted by Gasteiger charge is -2.30. The summed E-state index contributed by atoms with van der Waals surface area (Å²) >= 11 is 0. The highest BCUT2D eigenvalue weighted by atomic mass is 19.1. The second kappa shape index (κ2) is 9.47. The summed E-state index contributed by atoms with van der Waals surface area (Å²) in [5.74, 6) is 1.28. The van der Waals surface area contributed by atoms with Crippen LogP contribution in [0.15, 0.2) is 60.8 Å². The summed E-state index contributed by atoms with van der Waals surface area (Å²) in [7, 11) is 0. The maximum Gasteiger partial charge on any atom is 0.151 e. The Morgan fingerprint density at radius 3 is 2.59 bits per heavy atom. The van der Waals surface area contributed by atoms with E-state index in [1.54, 1.807) is 24.3 Å². The monoisotopic (exact) mass is 460 g/mol. The third kappa shape index (κ3) is 4.50. The molecule has 0 radical (unpaired) electrons. The molecule has 0 aliphatic carbocycles. The molecule has 1 aromatic heterocycles. The summed E-state index contributed by atoms with van der Waals surface area (Å²) in [5, 5.41) is 10.0. The minimum atomic E-state index is -0.424. The van der Waals surface area contributed by atoms with E-state index in [4.69, 9.17) is 9.47 Å². The SMILES string of the molecule is CC1=C(c2ccc(F)cn2)C(c2ccc(OC[C@H](C)N3CCCC3)cc2)Oc2ccc(O)cc21. The molecule has 0 amide bonds. The number of pyridine rings is 1. The van der Waals surface area contributed by atoms with Crippen molar-refractivity contribution in [1.29, 1.82) is 0 Å². The van der Waals surface area contributed by atoms with E-state index in [1.807, 2.05) is 31.2 Å². The number of allylic oxidation sites excluding steroid dienone is 1. The molecule has 176 valence electrons. The smallest absolute Gasteiger partial charge is 0.151 e. The van der Waals surface area contributed by atoms with Crippen molar-refractivity contribution < 1.29 is 19.0 Å². The zero-order valence-electron chi connectivity index (χ0n) is 19.5. The van der Waals surface area contributed by atoms with E-state index < -0.39 is 11.9 Å². The first kappa shape index (κ1) is 22.4. The van der Waals surface area contributed by atoms with Crippen molar-refractivity contribution in [3.05, 3.63) is 83.4 Å². The molecule has 2 aromatic carbocycles. The Kier molecular flexibility index (Phi) is 6.24. The van der Waals surface area contributed by atoms with Gasteiger partial charge in [0.15, 0.2) is 6.10 Å². The lowest BCUT2D eigenvalue weighted by Crippen LogP contribution is -2.34. The van der Waals surface area contributed by atoms with Gasteiger partial charge in [-0.15, -0.1) is 0 Å². The molecule has 5 rings (SSSR count). The van der Waals surface area contributed by atoms with Gasteiger partial charge in [-0.25, -0.2) is 4.39 Å². The fourth-order valence-corrected chi connectivity index (χ4v) is 4.78. The lowest BCUT2D eigenvalue weighted by atomic mass is 9.88. The Balaban J connectivity index is 1.42. The van der Waals surface area contributed by atoms with Gasteiger partial charge in [0.25, 0.3) is 0 Å². The number of rotatable bonds is 6. The van der Waals surface area contributed by atoms with Gasteiger partial charge in [0, 0.05) is 17.2 Å². The van der Waals surface area contributed by atoms with Crippen molar-refractivity contribution in [2.24, 2.45) is 0 Å². The van der Waals surface area contributed by atoms with Crippen LogP contribution in [0.3, 0.4) is 0 Å². The van der Waals surface area contributed by atoms with Crippen LogP contribution in [0.1, 0.15) is 49.6 Å². The third-order valence-electron chi connectivity index (χ3n) is 6.72. The van der Waals surface area contributed by atoms with Crippen molar-refractivity contribution in [2.75, 3.05) is 19.7 Å². The summed E-state index contributed by atoms with van der Waals surface area (Å²) < 4.78 is 26.0. The molecule has 1 fully saturated rings.